The molecule has 52 heavy (non-hydrogen) atoms. The van der Waals surface area contributed by atoms with Crippen molar-refractivity contribution >= 4 is 64.9 Å². The van der Waals surface area contributed by atoms with Gasteiger partial charge in [-0.1, -0.05) is 0 Å². The lowest BCUT2D eigenvalue weighted by atomic mass is 9.83. The highest BCUT2D eigenvalue weighted by atomic mass is 32.1. The number of aromatic amines is 1. The number of anilines is 2. The first kappa shape index (κ1) is 39.6. The predicted octanol–water partition coefficient (Wildman–Crippen LogP) is -2.56. The van der Waals surface area contributed by atoms with E-state index in [2.05, 4.69) is 53.8 Å². The van der Waals surface area contributed by atoms with Crippen molar-refractivity contribution in [2.24, 2.45) is 5.92 Å². The maximum atomic E-state index is 12.9. The van der Waals surface area contributed by atoms with Gasteiger partial charge in [-0.15, -0.1) is 0 Å². The number of carbonyl (C=O) groups excluding carboxylic acids is 4. The van der Waals surface area contributed by atoms with Gasteiger partial charge >= 0.3 is 5.97 Å². The molecule has 1 aliphatic rings. The number of nitrogens with zero attached hydrogens (tertiary/aromatic N) is 3. The minimum Gasteiger partial charge on any atom is -0.480 e. The zero-order valence-electron chi connectivity index (χ0n) is 27.7. The second kappa shape index (κ2) is 17.8. The van der Waals surface area contributed by atoms with Crippen molar-refractivity contribution in [3.8, 4) is 0 Å². The molecule has 280 valence electrons. The van der Waals surface area contributed by atoms with Gasteiger partial charge in [-0.2, -0.15) is 17.6 Å². The Morgan fingerprint density at radius 2 is 1.77 bits per heavy atom. The number of thiol groups is 1. The number of aromatic nitrogens is 4. The van der Waals surface area contributed by atoms with Crippen LogP contribution < -0.4 is 32.6 Å². The number of fused-ring (bicyclic) bond motifs is 1. The molecule has 0 spiro atoms. The number of nitrogen functional groups attached to an aromatic ring is 1. The summed E-state index contributed by atoms with van der Waals surface area (Å²) in [5.41, 5.74) is 6.18. The van der Waals surface area contributed by atoms with Crippen LogP contribution in [0.25, 0.3) is 11.2 Å². The van der Waals surface area contributed by atoms with Gasteiger partial charge in [0.2, 0.25) is 11.9 Å². The average molecular weight is 746 g/mol. The van der Waals surface area contributed by atoms with Gasteiger partial charge in [-0.3, -0.25) is 29.0 Å². The molecule has 2 aromatic heterocycles. The number of hydrogen-bond donors (Lipinski definition) is 11. The fourth-order valence-corrected chi connectivity index (χ4v) is 5.30. The number of rotatable bonds is 16. The molecule has 21 heteroatoms. The number of ketones is 1. The summed E-state index contributed by atoms with van der Waals surface area (Å²) in [6, 6.07) is 4.23. The molecule has 0 bridgehead atoms. The number of Topliss-reactive ketones (excluding diaryl/α,β-unsaturated/α-hetero) is 1. The van der Waals surface area contributed by atoms with Crippen molar-refractivity contribution in [1.29, 1.82) is 0 Å². The van der Waals surface area contributed by atoms with Crippen LogP contribution in [0.15, 0.2) is 35.3 Å². The molecule has 3 heterocycles. The molecule has 20 nitrogen and oxygen atoms in total. The highest BCUT2D eigenvalue weighted by molar-refractivity contribution is 7.80. The number of ether oxygens (including phenoxy) is 1. The molecule has 3 aromatic rings. The number of amides is 3. The fraction of sp³-hybridized carbons (Fsp3) is 0.452. The van der Waals surface area contributed by atoms with Crippen LogP contribution in [-0.4, -0.2) is 119 Å². The molecule has 3 unspecified atom stereocenters. The summed E-state index contributed by atoms with van der Waals surface area (Å²) < 4.78 is 5.03. The third-order valence-electron chi connectivity index (χ3n) is 8.01. The molecule has 4 rings (SSSR count). The maximum Gasteiger partial charge on any atom is 0.326 e. The van der Waals surface area contributed by atoms with Gasteiger partial charge in [0.1, 0.15) is 17.9 Å². The molecule has 1 aromatic carbocycles. The zero-order chi connectivity index (χ0) is 38.1. The van der Waals surface area contributed by atoms with E-state index in [1.165, 1.54) is 18.3 Å². The summed E-state index contributed by atoms with van der Waals surface area (Å²) in [5.74, 6) is -5.41. The lowest BCUT2D eigenvalue weighted by Crippen LogP contribution is -2.59. The number of nitrogens with one attached hydrogen (secondary N) is 5. The summed E-state index contributed by atoms with van der Waals surface area (Å²) >= 11 is 4.05. The number of aliphatic hydroxyl groups is 3. The normalized spacial score (nSPS) is 21.1. The second-order valence-electron chi connectivity index (χ2n) is 12.0. The van der Waals surface area contributed by atoms with Gasteiger partial charge in [0.25, 0.3) is 17.4 Å². The molecule has 0 aliphatic carbocycles. The molecule has 11 N–H and O–H groups in total. The van der Waals surface area contributed by atoms with Gasteiger partial charge in [0, 0.05) is 41.8 Å². The smallest absolute Gasteiger partial charge is 0.326 e. The van der Waals surface area contributed by atoms with E-state index in [9.17, 15) is 49.2 Å². The first-order chi connectivity index (χ1) is 24.7. The Balaban J connectivity index is 1.28. The lowest BCUT2D eigenvalue weighted by Gasteiger charge is -2.40. The Bertz CT molecular complexity index is 1840. The molecule has 1 fully saturated rings. The predicted molar refractivity (Wildman–Crippen MR) is 185 cm³/mol. The van der Waals surface area contributed by atoms with Gasteiger partial charge in [-0.05, 0) is 37.6 Å². The van der Waals surface area contributed by atoms with Gasteiger partial charge < -0.3 is 52.2 Å². The Morgan fingerprint density at radius 1 is 1.06 bits per heavy atom. The third kappa shape index (κ3) is 10.4. The van der Waals surface area contributed by atoms with Crippen LogP contribution >= 0.6 is 12.6 Å². The standard InChI is InChI=1S/C31H39N9O11S/c1-13(12-52)36-20(42)11-35-28(47)24-22(43)18(23(44)30(50)51-24)8-17(41)6-7-19(29(48)49)38-26(45)14-2-4-15(5-3-14)33-9-16-10-34-25-21(37-16)27(46)40-31(32)39-25/h2-5,10,13,18-19,22-24,30,33,43-44,50,52H,6-9,11-12H2,1H3,(H,35,47)(H,36,42)(H,38,45)(H,48,49)(H3,32,34,39,40,46)/t13-,18+,19+,22+,23?,24?,30?/m1/s1. The van der Waals surface area contributed by atoms with Crippen LogP contribution in [0.5, 0.6) is 0 Å². The maximum absolute atomic E-state index is 12.9. The summed E-state index contributed by atoms with van der Waals surface area (Å²) in [6.45, 7) is 1.38. The molecule has 7 atom stereocenters. The second-order valence-corrected chi connectivity index (χ2v) is 12.4. The third-order valence-corrected chi connectivity index (χ3v) is 8.56. The van der Waals surface area contributed by atoms with E-state index in [0.29, 0.717) is 17.1 Å². The number of H-pyrrole nitrogens is 1. The van der Waals surface area contributed by atoms with Crippen LogP contribution in [0.3, 0.4) is 0 Å². The largest absolute Gasteiger partial charge is 0.480 e. The van der Waals surface area contributed by atoms with Crippen molar-refractivity contribution in [3.63, 3.8) is 0 Å². The van der Waals surface area contributed by atoms with Gasteiger partial charge in [0.05, 0.1) is 31.1 Å². The van der Waals surface area contributed by atoms with Crippen molar-refractivity contribution in [2.75, 3.05) is 23.3 Å². The Hall–Kier alpha value is -5.22. The Labute approximate surface area is 300 Å². The number of benzene rings is 1. The van der Waals surface area contributed by atoms with E-state index >= 15 is 0 Å². The van der Waals surface area contributed by atoms with Gasteiger partial charge in [-0.25, -0.2) is 14.8 Å². The number of aliphatic carboxylic acids is 1. The quantitative estimate of drug-likeness (QED) is 0.0672. The molecule has 1 aliphatic heterocycles. The van der Waals surface area contributed by atoms with Crippen molar-refractivity contribution in [3.05, 3.63) is 52.1 Å². The highest BCUT2D eigenvalue weighted by Gasteiger charge is 2.47. The average Bonchev–Trinajstić information content (AvgIpc) is 3.11. The topological polar surface area (TPSA) is 321 Å². The summed E-state index contributed by atoms with van der Waals surface area (Å²) in [5, 5.41) is 51.3. The van der Waals surface area contributed by atoms with Crippen molar-refractivity contribution < 1.29 is 49.1 Å². The number of carboxylic acid groups (broad SMARTS) is 1. The van der Waals surface area contributed by atoms with E-state index in [4.69, 9.17) is 10.5 Å². The molecule has 0 radical (unpaired) electrons. The monoisotopic (exact) mass is 745 g/mol. The van der Waals surface area contributed by atoms with E-state index in [1.807, 2.05) is 0 Å². The Kier molecular flexibility index (Phi) is 13.6. The molecular weight excluding hydrogens is 706 g/mol. The number of aliphatic hydroxyl groups excluding tert-OH is 3. The molecule has 1 saturated heterocycles. The van der Waals surface area contributed by atoms with Crippen LogP contribution in [0.4, 0.5) is 11.6 Å². The van der Waals surface area contributed by atoms with E-state index in [1.54, 1.807) is 19.1 Å². The minimum absolute atomic E-state index is 0.0139. The lowest BCUT2D eigenvalue weighted by molar-refractivity contribution is -0.262. The van der Waals surface area contributed by atoms with Crippen LogP contribution in [0.2, 0.25) is 0 Å². The van der Waals surface area contributed by atoms with E-state index < -0.39 is 91.0 Å². The van der Waals surface area contributed by atoms with Crippen LogP contribution in [0.1, 0.15) is 42.2 Å². The zero-order valence-corrected chi connectivity index (χ0v) is 28.6. The number of carbonyl (C=O) groups is 5. The van der Waals surface area contributed by atoms with Gasteiger partial charge in [0.15, 0.2) is 23.6 Å². The molecular formula is C31H39N9O11S. The number of nitrogens with two attached hydrogens (primary N) is 1. The first-order valence-electron chi connectivity index (χ1n) is 15.9. The SMILES string of the molecule is C[C@H](CS)NC(=O)CNC(=O)C1OC(O)C(O)[C@@H](CC(=O)CC[C@H](NC(=O)c2ccc(NCc3cnc4nc(N)[nH]c(=O)c4n3)cc2)C(=O)O)[C@@H]1O. The van der Waals surface area contributed by atoms with E-state index in [-0.39, 0.29) is 41.7 Å². The fourth-order valence-electron chi connectivity index (χ4n) is 5.20. The molecule has 0 saturated carbocycles. The van der Waals surface area contributed by atoms with Crippen molar-refractivity contribution in [2.45, 2.75) is 69.4 Å². The molecule has 3 amide bonds. The first-order valence-corrected chi connectivity index (χ1v) is 16.6. The summed E-state index contributed by atoms with van der Waals surface area (Å²) in [6.07, 6.45) is -7.10. The van der Waals surface area contributed by atoms with Crippen LogP contribution in [0, 0.1) is 5.92 Å². The van der Waals surface area contributed by atoms with Crippen LogP contribution in [-0.2, 0) is 30.5 Å². The number of carboxylic acids is 1. The minimum atomic E-state index is -1.95. The van der Waals surface area contributed by atoms with Crippen molar-refractivity contribution in [1.82, 2.24) is 35.9 Å². The highest BCUT2D eigenvalue weighted by Crippen LogP contribution is 2.29. The summed E-state index contributed by atoms with van der Waals surface area (Å²) in [7, 11) is 0. The summed E-state index contributed by atoms with van der Waals surface area (Å²) in [4.78, 5) is 88.9. The Morgan fingerprint density at radius 3 is 2.44 bits per heavy atom. The number of hydrogen-bond acceptors (Lipinski definition) is 16. The van der Waals surface area contributed by atoms with E-state index in [0.717, 1.165) is 0 Å².